The number of halogens is 3. The van der Waals surface area contributed by atoms with Crippen molar-refractivity contribution in [2.24, 2.45) is 11.8 Å². The normalized spacial score (nSPS) is 21.5. The topological polar surface area (TPSA) is 41.6 Å². The van der Waals surface area contributed by atoms with E-state index in [4.69, 9.17) is 0 Å². The molecule has 0 aromatic heterocycles. The first-order valence-corrected chi connectivity index (χ1v) is 8.29. The molecule has 0 spiro atoms. The van der Waals surface area contributed by atoms with Gasteiger partial charge < -0.3 is 15.0 Å². The minimum atomic E-state index is -4.67. The molecule has 4 nitrogen and oxygen atoms in total. The van der Waals surface area contributed by atoms with Crippen LogP contribution in [0.4, 0.5) is 18.9 Å². The van der Waals surface area contributed by atoms with Gasteiger partial charge >= 0.3 is 6.36 Å². The lowest BCUT2D eigenvalue weighted by Crippen LogP contribution is -2.37. The number of hydrogen-bond acceptors (Lipinski definition) is 3. The summed E-state index contributed by atoms with van der Waals surface area (Å²) in [5, 5.41) is 3.02. The molecule has 1 N–H and O–H groups in total. The summed E-state index contributed by atoms with van der Waals surface area (Å²) in [5.41, 5.74) is 0.873. The van der Waals surface area contributed by atoms with Gasteiger partial charge in [0.05, 0.1) is 0 Å². The maximum Gasteiger partial charge on any atom is 0.573 e. The van der Waals surface area contributed by atoms with Gasteiger partial charge in [-0.3, -0.25) is 4.79 Å². The van der Waals surface area contributed by atoms with Gasteiger partial charge in [0.1, 0.15) is 5.75 Å². The fraction of sp³-hybridized carbons (Fsp3) is 0.588. The maximum atomic E-state index is 12.2. The third-order valence-electron chi connectivity index (χ3n) is 4.76. The highest BCUT2D eigenvalue weighted by molar-refractivity contribution is 5.79. The fourth-order valence-corrected chi connectivity index (χ4v) is 3.15. The number of nitrogens with one attached hydrogen (secondary N) is 1. The predicted molar refractivity (Wildman–Crippen MR) is 83.8 cm³/mol. The standard InChI is InChI=1S/C17H21F3N2O2/c18-17(19,20)24-15-6-4-14(5-7-15)22-9-8-12(11-22)10-21-16(23)13-2-1-3-13/h4-7,12-13H,1-3,8-11H2,(H,21,23)/t12-/m0/s1. The quantitative estimate of drug-likeness (QED) is 0.892. The Kier molecular flexibility index (Phi) is 4.87. The second-order valence-electron chi connectivity index (χ2n) is 6.52. The van der Waals surface area contributed by atoms with E-state index in [0.29, 0.717) is 12.5 Å². The Morgan fingerprint density at radius 2 is 1.92 bits per heavy atom. The number of anilines is 1. The Morgan fingerprint density at radius 1 is 1.21 bits per heavy atom. The van der Waals surface area contributed by atoms with Crippen molar-refractivity contribution in [1.29, 1.82) is 0 Å². The zero-order valence-electron chi connectivity index (χ0n) is 13.3. The van der Waals surface area contributed by atoms with Gasteiger partial charge in [-0.1, -0.05) is 6.42 Å². The van der Waals surface area contributed by atoms with E-state index >= 15 is 0 Å². The van der Waals surface area contributed by atoms with Gasteiger partial charge in [-0.05, 0) is 49.4 Å². The summed E-state index contributed by atoms with van der Waals surface area (Å²) >= 11 is 0. The SMILES string of the molecule is O=C(NC[C@@H]1CCN(c2ccc(OC(F)(F)F)cc2)C1)C1CCC1. The lowest BCUT2D eigenvalue weighted by molar-refractivity contribution is -0.274. The van der Waals surface area contributed by atoms with Crippen molar-refractivity contribution in [1.82, 2.24) is 5.32 Å². The molecule has 1 saturated heterocycles. The smallest absolute Gasteiger partial charge is 0.406 e. The second-order valence-corrected chi connectivity index (χ2v) is 6.52. The Hall–Kier alpha value is -1.92. The number of nitrogens with zero attached hydrogens (tertiary/aromatic N) is 1. The lowest BCUT2D eigenvalue weighted by Gasteiger charge is -2.25. The van der Waals surface area contributed by atoms with E-state index < -0.39 is 6.36 Å². The minimum Gasteiger partial charge on any atom is -0.406 e. The zero-order valence-corrected chi connectivity index (χ0v) is 13.3. The van der Waals surface area contributed by atoms with Crippen molar-refractivity contribution < 1.29 is 22.7 Å². The number of benzene rings is 1. The molecule has 1 heterocycles. The fourth-order valence-electron chi connectivity index (χ4n) is 3.15. The first-order chi connectivity index (χ1) is 11.4. The van der Waals surface area contributed by atoms with Crippen molar-refractivity contribution in [3.05, 3.63) is 24.3 Å². The van der Waals surface area contributed by atoms with Crippen LogP contribution >= 0.6 is 0 Å². The molecular weight excluding hydrogens is 321 g/mol. The monoisotopic (exact) mass is 342 g/mol. The molecule has 132 valence electrons. The van der Waals surface area contributed by atoms with Crippen LogP contribution < -0.4 is 15.0 Å². The van der Waals surface area contributed by atoms with E-state index in [1.54, 1.807) is 12.1 Å². The van der Waals surface area contributed by atoms with Gasteiger partial charge in [-0.25, -0.2) is 0 Å². The van der Waals surface area contributed by atoms with E-state index in [2.05, 4.69) is 15.0 Å². The summed E-state index contributed by atoms with van der Waals surface area (Å²) in [5.74, 6) is 0.520. The summed E-state index contributed by atoms with van der Waals surface area (Å²) in [6.07, 6.45) is -0.571. The van der Waals surface area contributed by atoms with Gasteiger partial charge in [0.25, 0.3) is 0 Å². The van der Waals surface area contributed by atoms with E-state index in [-0.39, 0.29) is 17.6 Å². The molecule has 1 saturated carbocycles. The van der Waals surface area contributed by atoms with Gasteiger partial charge in [0.15, 0.2) is 0 Å². The molecule has 1 atom stereocenters. The number of carbonyl (C=O) groups is 1. The second kappa shape index (κ2) is 6.91. The van der Waals surface area contributed by atoms with Crippen LogP contribution in [-0.4, -0.2) is 31.9 Å². The van der Waals surface area contributed by atoms with Crippen molar-refractivity contribution in [2.45, 2.75) is 32.0 Å². The van der Waals surface area contributed by atoms with Gasteiger partial charge in [-0.2, -0.15) is 0 Å². The molecule has 2 aliphatic rings. The first-order valence-electron chi connectivity index (χ1n) is 8.29. The maximum absolute atomic E-state index is 12.2. The van der Waals surface area contributed by atoms with Crippen LogP contribution in [0, 0.1) is 11.8 Å². The number of rotatable bonds is 5. The van der Waals surface area contributed by atoms with Gasteiger partial charge in [0, 0.05) is 31.2 Å². The number of alkyl halides is 3. The number of amides is 1. The van der Waals surface area contributed by atoms with Crippen LogP contribution in [0.2, 0.25) is 0 Å². The van der Waals surface area contributed by atoms with Crippen molar-refractivity contribution in [3.63, 3.8) is 0 Å². The summed E-state index contributed by atoms with van der Waals surface area (Å²) < 4.78 is 40.4. The molecule has 0 bridgehead atoms. The lowest BCUT2D eigenvalue weighted by atomic mass is 9.85. The van der Waals surface area contributed by atoms with Crippen LogP contribution in [0.15, 0.2) is 24.3 Å². The van der Waals surface area contributed by atoms with Crippen LogP contribution in [0.5, 0.6) is 5.75 Å². The first kappa shape index (κ1) is 16.9. The largest absolute Gasteiger partial charge is 0.573 e. The van der Waals surface area contributed by atoms with E-state index in [0.717, 1.165) is 44.5 Å². The summed E-state index contributed by atoms with van der Waals surface area (Å²) in [6, 6.07) is 5.93. The summed E-state index contributed by atoms with van der Waals surface area (Å²) in [4.78, 5) is 14.0. The molecular formula is C17H21F3N2O2. The molecule has 0 radical (unpaired) electrons. The predicted octanol–water partition coefficient (Wildman–Crippen LogP) is 3.33. The number of hydrogen-bond donors (Lipinski definition) is 1. The molecule has 24 heavy (non-hydrogen) atoms. The highest BCUT2D eigenvalue weighted by atomic mass is 19.4. The number of ether oxygens (including phenoxy) is 1. The van der Waals surface area contributed by atoms with Crippen molar-refractivity contribution in [3.8, 4) is 5.75 Å². The zero-order chi connectivity index (χ0) is 17.2. The van der Waals surface area contributed by atoms with Gasteiger partial charge in [-0.15, -0.1) is 13.2 Å². The van der Waals surface area contributed by atoms with Crippen LogP contribution in [-0.2, 0) is 4.79 Å². The average molecular weight is 342 g/mol. The minimum absolute atomic E-state index is 0.161. The van der Waals surface area contributed by atoms with Crippen molar-refractivity contribution in [2.75, 3.05) is 24.5 Å². The highest BCUT2D eigenvalue weighted by Crippen LogP contribution is 2.29. The summed E-state index contributed by atoms with van der Waals surface area (Å²) in [7, 11) is 0. The average Bonchev–Trinajstić information content (AvgIpc) is 2.91. The van der Waals surface area contributed by atoms with E-state index in [9.17, 15) is 18.0 Å². The van der Waals surface area contributed by atoms with E-state index in [1.807, 2.05) is 0 Å². The van der Waals surface area contributed by atoms with Crippen molar-refractivity contribution >= 4 is 11.6 Å². The van der Waals surface area contributed by atoms with Crippen LogP contribution in [0.3, 0.4) is 0 Å². The molecule has 1 aliphatic carbocycles. The van der Waals surface area contributed by atoms with Crippen LogP contribution in [0.1, 0.15) is 25.7 Å². The molecule has 3 rings (SSSR count). The number of carbonyl (C=O) groups excluding carboxylic acids is 1. The third-order valence-corrected chi connectivity index (χ3v) is 4.76. The molecule has 1 aromatic rings. The molecule has 1 aliphatic heterocycles. The van der Waals surface area contributed by atoms with E-state index in [1.165, 1.54) is 12.1 Å². The molecule has 0 unspecified atom stereocenters. The molecule has 2 fully saturated rings. The Labute approximate surface area is 139 Å². The molecule has 7 heteroatoms. The third kappa shape index (κ3) is 4.33. The Morgan fingerprint density at radius 3 is 2.50 bits per heavy atom. The summed E-state index contributed by atoms with van der Waals surface area (Å²) in [6.45, 7) is 2.30. The van der Waals surface area contributed by atoms with Gasteiger partial charge in [0.2, 0.25) is 5.91 Å². The molecule has 1 aromatic carbocycles. The Balaban J connectivity index is 1.47. The Bertz CT molecular complexity index is 570. The molecule has 1 amide bonds. The van der Waals surface area contributed by atoms with Crippen LogP contribution in [0.25, 0.3) is 0 Å². The highest BCUT2D eigenvalue weighted by Gasteiger charge is 2.31.